The lowest BCUT2D eigenvalue weighted by Gasteiger charge is -2.16. The summed E-state index contributed by atoms with van der Waals surface area (Å²) in [7, 11) is 0. The maximum absolute atomic E-state index is 12.4. The topological polar surface area (TPSA) is 127 Å². The number of Topliss-reactive ketones (excluding diaryl/α,β-unsaturated/α-hetero) is 1. The highest BCUT2D eigenvalue weighted by Gasteiger charge is 2.28. The van der Waals surface area contributed by atoms with E-state index in [0.717, 1.165) is 41.0 Å². The second kappa shape index (κ2) is 11.1. The van der Waals surface area contributed by atoms with Crippen molar-refractivity contribution >= 4 is 34.7 Å². The molecule has 1 amide bonds. The van der Waals surface area contributed by atoms with E-state index in [0.29, 0.717) is 17.9 Å². The summed E-state index contributed by atoms with van der Waals surface area (Å²) in [4.78, 5) is 35.1. The third kappa shape index (κ3) is 6.11. The molecule has 11 heteroatoms. The van der Waals surface area contributed by atoms with Crippen LogP contribution in [0.15, 0.2) is 60.9 Å². The Hall–Kier alpha value is -4.12. The van der Waals surface area contributed by atoms with Crippen molar-refractivity contribution < 1.29 is 9.59 Å². The summed E-state index contributed by atoms with van der Waals surface area (Å²) in [6.07, 6.45) is 5.01. The zero-order valence-corrected chi connectivity index (χ0v) is 20.3. The molecule has 1 aliphatic heterocycles. The molecule has 182 valence electrons. The van der Waals surface area contributed by atoms with Gasteiger partial charge in [0, 0.05) is 49.2 Å². The van der Waals surface area contributed by atoms with Crippen LogP contribution < -0.4 is 10.2 Å². The Bertz CT molecular complexity index is 1310. The molecule has 1 aliphatic rings. The molecule has 4 aromatic heterocycles. The third-order valence-electron chi connectivity index (χ3n) is 5.78. The second-order valence-corrected chi connectivity index (χ2v) is 9.60. The monoisotopic (exact) mass is 500 g/mol. The highest BCUT2D eigenvalue weighted by Crippen LogP contribution is 2.31. The number of amides is 1. The number of ketones is 1. The number of hydrogen-bond acceptors (Lipinski definition) is 10. The molecular formula is C25H24N8O2S. The van der Waals surface area contributed by atoms with Gasteiger partial charge in [-0.3, -0.25) is 19.6 Å². The van der Waals surface area contributed by atoms with Gasteiger partial charge in [0.25, 0.3) is 0 Å². The van der Waals surface area contributed by atoms with E-state index in [9.17, 15) is 9.59 Å². The van der Waals surface area contributed by atoms with E-state index in [2.05, 4.69) is 40.6 Å². The largest absolute Gasteiger partial charge is 0.354 e. The normalized spacial score (nSPS) is 15.1. The predicted molar refractivity (Wildman–Crippen MR) is 135 cm³/mol. The molecule has 0 saturated carbocycles. The first-order valence-corrected chi connectivity index (χ1v) is 12.5. The first-order chi connectivity index (χ1) is 17.6. The molecule has 1 saturated heterocycles. The number of carbonyl (C=O) groups is 2. The lowest BCUT2D eigenvalue weighted by Crippen LogP contribution is -2.21. The first kappa shape index (κ1) is 23.6. The molecule has 1 fully saturated rings. The summed E-state index contributed by atoms with van der Waals surface area (Å²) in [6.45, 7) is 1.56. The summed E-state index contributed by atoms with van der Waals surface area (Å²) in [6, 6.07) is 14.6. The van der Waals surface area contributed by atoms with Crippen LogP contribution in [0, 0.1) is 0 Å². The van der Waals surface area contributed by atoms with Gasteiger partial charge in [-0.05, 0) is 42.8 Å². The molecule has 0 aromatic carbocycles. The van der Waals surface area contributed by atoms with Gasteiger partial charge in [0.1, 0.15) is 15.8 Å². The van der Waals surface area contributed by atoms with Gasteiger partial charge in [-0.2, -0.15) is 0 Å². The minimum absolute atomic E-state index is 0.0759. The maximum Gasteiger partial charge on any atom is 0.231 e. The van der Waals surface area contributed by atoms with Gasteiger partial charge in [-0.1, -0.05) is 12.1 Å². The Morgan fingerprint density at radius 3 is 2.36 bits per heavy atom. The van der Waals surface area contributed by atoms with Gasteiger partial charge in [-0.15, -0.1) is 31.7 Å². The minimum Gasteiger partial charge on any atom is -0.354 e. The number of aromatic nitrogens is 6. The van der Waals surface area contributed by atoms with Gasteiger partial charge >= 0.3 is 0 Å². The average molecular weight is 501 g/mol. The number of hydrogen-bond donors (Lipinski definition) is 1. The molecule has 36 heavy (non-hydrogen) atoms. The van der Waals surface area contributed by atoms with Gasteiger partial charge < -0.3 is 10.2 Å². The van der Waals surface area contributed by atoms with E-state index in [1.807, 2.05) is 36.4 Å². The summed E-state index contributed by atoms with van der Waals surface area (Å²) in [5.74, 6) is 1.26. The Morgan fingerprint density at radius 1 is 0.889 bits per heavy atom. The summed E-state index contributed by atoms with van der Waals surface area (Å²) >= 11 is 1.50. The quantitative estimate of drug-likeness (QED) is 0.369. The second-order valence-electron chi connectivity index (χ2n) is 8.50. The first-order valence-electron chi connectivity index (χ1n) is 11.6. The highest BCUT2D eigenvalue weighted by molar-refractivity contribution is 7.11. The van der Waals surface area contributed by atoms with Crippen LogP contribution in [0.1, 0.15) is 33.7 Å². The number of nitrogens with zero attached hydrogens (tertiary/aromatic N) is 7. The molecule has 0 aliphatic carbocycles. The molecule has 4 aromatic rings. The van der Waals surface area contributed by atoms with Crippen LogP contribution in [0.5, 0.6) is 0 Å². The van der Waals surface area contributed by atoms with Crippen molar-refractivity contribution in [3.8, 4) is 0 Å². The molecule has 0 bridgehead atoms. The van der Waals surface area contributed by atoms with Crippen LogP contribution in [-0.4, -0.2) is 55.1 Å². The zero-order valence-electron chi connectivity index (χ0n) is 19.4. The minimum atomic E-state index is -0.192. The van der Waals surface area contributed by atoms with E-state index in [1.54, 1.807) is 24.5 Å². The number of carbonyl (C=O) groups excluding carboxylic acids is 2. The highest BCUT2D eigenvalue weighted by atomic mass is 32.1. The fraction of sp³-hybridized carbons (Fsp3) is 0.280. The van der Waals surface area contributed by atoms with Crippen LogP contribution in [-0.2, 0) is 28.9 Å². The van der Waals surface area contributed by atoms with Crippen molar-refractivity contribution in [1.29, 1.82) is 0 Å². The van der Waals surface area contributed by atoms with Crippen LogP contribution >= 0.6 is 11.3 Å². The van der Waals surface area contributed by atoms with Gasteiger partial charge in [0.2, 0.25) is 5.91 Å². The Kier molecular flexibility index (Phi) is 7.27. The molecule has 1 unspecified atom stereocenters. The zero-order chi connectivity index (χ0) is 24.7. The van der Waals surface area contributed by atoms with Crippen LogP contribution in [0.25, 0.3) is 0 Å². The van der Waals surface area contributed by atoms with Gasteiger partial charge in [-0.25, -0.2) is 0 Å². The molecule has 5 rings (SSSR count). The van der Waals surface area contributed by atoms with Crippen molar-refractivity contribution in [3.63, 3.8) is 0 Å². The van der Waals surface area contributed by atoms with Gasteiger partial charge in [0.05, 0.1) is 12.8 Å². The van der Waals surface area contributed by atoms with E-state index in [4.69, 9.17) is 0 Å². The number of pyridine rings is 2. The van der Waals surface area contributed by atoms with E-state index < -0.39 is 0 Å². The smallest absolute Gasteiger partial charge is 0.231 e. The fourth-order valence-corrected chi connectivity index (χ4v) is 5.02. The third-order valence-corrected chi connectivity index (χ3v) is 6.87. The Balaban J connectivity index is 1.12. The Labute approximate surface area is 211 Å². The molecule has 10 nitrogen and oxygen atoms in total. The predicted octanol–water partition coefficient (Wildman–Crippen LogP) is 2.65. The summed E-state index contributed by atoms with van der Waals surface area (Å²) < 4.78 is 0. The lowest BCUT2D eigenvalue weighted by atomic mass is 10.1. The van der Waals surface area contributed by atoms with Crippen LogP contribution in [0.2, 0.25) is 0 Å². The van der Waals surface area contributed by atoms with Crippen molar-refractivity contribution in [2.45, 2.75) is 31.6 Å². The molecule has 5 heterocycles. The fourth-order valence-electron chi connectivity index (χ4n) is 4.02. The van der Waals surface area contributed by atoms with E-state index in [-0.39, 0.29) is 30.4 Å². The molecule has 1 N–H and O–H groups in total. The van der Waals surface area contributed by atoms with Crippen molar-refractivity contribution in [2.24, 2.45) is 0 Å². The summed E-state index contributed by atoms with van der Waals surface area (Å²) in [5.41, 5.74) is 1.46. The van der Waals surface area contributed by atoms with E-state index in [1.165, 1.54) is 11.3 Å². The van der Waals surface area contributed by atoms with Gasteiger partial charge in [0.15, 0.2) is 11.6 Å². The van der Waals surface area contributed by atoms with E-state index >= 15 is 0 Å². The standard InChI is InChI=1S/C25H24N8O2S/c34-20(13-18-5-1-3-10-26-18)15-24-31-32-25(36-24)17-9-12-33(16-17)22-8-7-21(29-30-22)28-23(35)14-19-6-2-4-11-27-19/h1-8,10-11,17H,9,12-16H2,(H,28,29,35). The van der Waals surface area contributed by atoms with Crippen LogP contribution in [0.4, 0.5) is 11.6 Å². The van der Waals surface area contributed by atoms with Crippen LogP contribution in [0.3, 0.4) is 0 Å². The number of anilines is 2. The average Bonchev–Trinajstić information content (AvgIpc) is 3.56. The SMILES string of the molecule is O=C(Cc1ccccn1)Cc1nnc(C2CCN(c3ccc(NC(=O)Cc4ccccn4)nn3)C2)s1. The number of nitrogens with one attached hydrogen (secondary N) is 1. The molecular weight excluding hydrogens is 476 g/mol. The lowest BCUT2D eigenvalue weighted by molar-refractivity contribution is -0.118. The molecule has 0 spiro atoms. The van der Waals surface area contributed by atoms with Crippen molar-refractivity contribution in [1.82, 2.24) is 30.4 Å². The summed E-state index contributed by atoms with van der Waals surface area (Å²) in [5, 5.41) is 21.5. The molecule has 0 radical (unpaired) electrons. The molecule has 1 atom stereocenters. The Morgan fingerprint density at radius 2 is 1.67 bits per heavy atom. The number of rotatable bonds is 9. The maximum atomic E-state index is 12.4. The van der Waals surface area contributed by atoms with Crippen molar-refractivity contribution in [3.05, 3.63) is 82.3 Å². The van der Waals surface area contributed by atoms with Crippen molar-refractivity contribution in [2.75, 3.05) is 23.3 Å².